The molecule has 0 amide bonds. The third-order valence-electron chi connectivity index (χ3n) is 1.05. The smallest absolute Gasteiger partial charge is 0.0204 e. The number of nitrogens with zero attached hydrogens (tertiary/aromatic N) is 1. The molecule has 0 saturated heterocycles. The molecule has 0 aliphatic rings. The van der Waals surface area contributed by atoms with Gasteiger partial charge in [-0.3, -0.25) is 0 Å². The summed E-state index contributed by atoms with van der Waals surface area (Å²) < 4.78 is 4.17. The lowest BCUT2D eigenvalue weighted by atomic mass is 10.3. The zero-order chi connectivity index (χ0) is 7.98. The molecule has 0 rings (SSSR count). The summed E-state index contributed by atoms with van der Waals surface area (Å²) in [6, 6.07) is 0. The van der Waals surface area contributed by atoms with Crippen molar-refractivity contribution >= 4 is 17.7 Å². The maximum absolute atomic E-state index is 4.17. The van der Waals surface area contributed by atoms with Crippen LogP contribution in [0.5, 0.6) is 0 Å². The molecule has 0 atom stereocenters. The Balaban J connectivity index is 3.63. The Morgan fingerprint density at radius 1 is 1.40 bits per heavy atom. The van der Waals surface area contributed by atoms with Crippen molar-refractivity contribution in [3.8, 4) is 0 Å². The van der Waals surface area contributed by atoms with Crippen molar-refractivity contribution in [2.24, 2.45) is 4.40 Å². The minimum absolute atomic E-state index is 1.12. The summed E-state index contributed by atoms with van der Waals surface area (Å²) in [5, 5.41) is 2.09. The Hall–Kier alpha value is -0.240. The number of hydrogen-bond donors (Lipinski definition) is 0. The maximum Gasteiger partial charge on any atom is 0.0204 e. The van der Waals surface area contributed by atoms with Crippen molar-refractivity contribution in [2.45, 2.75) is 34.1 Å². The van der Waals surface area contributed by atoms with Crippen molar-refractivity contribution in [2.75, 3.05) is 0 Å². The summed E-state index contributed by atoms with van der Waals surface area (Å²) in [4.78, 5) is 0. The molecule has 0 bridgehead atoms. The van der Waals surface area contributed by atoms with Gasteiger partial charge in [0.15, 0.2) is 0 Å². The molecule has 0 aliphatic heterocycles. The highest BCUT2D eigenvalue weighted by atomic mass is 32.2. The zero-order valence-electron chi connectivity index (χ0n) is 7.14. The fourth-order valence-electron chi connectivity index (χ4n) is 0.305. The van der Waals surface area contributed by atoms with Gasteiger partial charge in [0.05, 0.1) is 0 Å². The van der Waals surface area contributed by atoms with Crippen LogP contribution >= 0.6 is 11.9 Å². The predicted octanol–water partition coefficient (Wildman–Crippen LogP) is 3.43. The number of allylic oxidation sites excluding steroid dienone is 1. The lowest BCUT2D eigenvalue weighted by Gasteiger charge is -1.91. The normalized spacial score (nSPS) is 11.4. The third-order valence-corrected chi connectivity index (χ3v) is 2.03. The Morgan fingerprint density at radius 2 is 2.00 bits per heavy atom. The van der Waals surface area contributed by atoms with Crippen LogP contribution < -0.4 is 0 Å². The second-order valence-corrected chi connectivity index (χ2v) is 3.09. The van der Waals surface area contributed by atoms with E-state index in [9.17, 15) is 0 Å². The van der Waals surface area contributed by atoms with Crippen molar-refractivity contribution in [1.82, 2.24) is 0 Å². The van der Waals surface area contributed by atoms with Crippen molar-refractivity contribution in [3.63, 3.8) is 0 Å². The van der Waals surface area contributed by atoms with Gasteiger partial charge < -0.3 is 0 Å². The third kappa shape index (κ3) is 5.89. The topological polar surface area (TPSA) is 12.4 Å². The van der Waals surface area contributed by atoms with Gasteiger partial charge in [0, 0.05) is 17.7 Å². The van der Waals surface area contributed by atoms with Crippen LogP contribution in [-0.2, 0) is 0 Å². The molecule has 0 aromatic rings. The largest absolute Gasteiger partial charge is 0.222 e. The van der Waals surface area contributed by atoms with Gasteiger partial charge in [-0.05, 0) is 32.6 Å². The fourth-order valence-corrected chi connectivity index (χ4v) is 0.915. The standard InChI is InChI=1S/C8H15NS/c1-5-8(4)6-10-9-7(2)3/h6H,5H2,1-4H3. The van der Waals surface area contributed by atoms with Gasteiger partial charge in [0.25, 0.3) is 0 Å². The van der Waals surface area contributed by atoms with E-state index in [1.165, 1.54) is 17.5 Å². The molecule has 0 heterocycles. The molecule has 2 heteroatoms. The Kier molecular flexibility index (Phi) is 5.40. The maximum atomic E-state index is 4.17. The summed E-state index contributed by atoms with van der Waals surface area (Å²) in [6.45, 7) is 8.27. The van der Waals surface area contributed by atoms with Gasteiger partial charge >= 0.3 is 0 Å². The molecule has 1 nitrogen and oxygen atoms in total. The fraction of sp³-hybridized carbons (Fsp3) is 0.625. The summed E-state index contributed by atoms with van der Waals surface area (Å²) in [6.07, 6.45) is 1.12. The molecule has 0 aromatic carbocycles. The highest BCUT2D eigenvalue weighted by molar-refractivity contribution is 8.01. The quantitative estimate of drug-likeness (QED) is 0.451. The van der Waals surface area contributed by atoms with E-state index in [4.69, 9.17) is 0 Å². The highest BCUT2D eigenvalue weighted by Gasteiger charge is 1.82. The van der Waals surface area contributed by atoms with Gasteiger partial charge in [-0.15, -0.1) is 0 Å². The summed E-state index contributed by atoms with van der Waals surface area (Å²) in [7, 11) is 0. The lowest BCUT2D eigenvalue weighted by molar-refractivity contribution is 1.11. The number of hydrogen-bond acceptors (Lipinski definition) is 2. The van der Waals surface area contributed by atoms with Crippen LogP contribution in [0, 0.1) is 0 Å². The van der Waals surface area contributed by atoms with Gasteiger partial charge in [0.1, 0.15) is 0 Å². The van der Waals surface area contributed by atoms with E-state index >= 15 is 0 Å². The van der Waals surface area contributed by atoms with E-state index in [1.54, 1.807) is 0 Å². The predicted molar refractivity (Wildman–Crippen MR) is 50.4 cm³/mol. The molecule has 0 spiro atoms. The first kappa shape index (κ1) is 9.76. The van der Waals surface area contributed by atoms with E-state index in [0.717, 1.165) is 12.1 Å². The van der Waals surface area contributed by atoms with E-state index in [-0.39, 0.29) is 0 Å². The summed E-state index contributed by atoms with van der Waals surface area (Å²) in [5.41, 5.74) is 2.50. The molecular formula is C8H15NS. The van der Waals surface area contributed by atoms with E-state index < -0.39 is 0 Å². The molecule has 10 heavy (non-hydrogen) atoms. The van der Waals surface area contributed by atoms with Gasteiger partial charge in [-0.2, -0.15) is 0 Å². The van der Waals surface area contributed by atoms with Crippen LogP contribution in [0.3, 0.4) is 0 Å². The Labute approximate surface area is 67.8 Å². The van der Waals surface area contributed by atoms with E-state index in [1.807, 2.05) is 13.8 Å². The van der Waals surface area contributed by atoms with Crippen LogP contribution in [0.1, 0.15) is 34.1 Å². The second-order valence-electron chi connectivity index (χ2n) is 2.46. The van der Waals surface area contributed by atoms with Crippen LogP contribution in [0.15, 0.2) is 15.4 Å². The summed E-state index contributed by atoms with van der Waals surface area (Å²) >= 11 is 1.52. The van der Waals surface area contributed by atoms with Crippen LogP contribution in [-0.4, -0.2) is 5.71 Å². The Bertz CT molecular complexity index is 143. The van der Waals surface area contributed by atoms with Crippen molar-refractivity contribution in [1.29, 1.82) is 0 Å². The monoisotopic (exact) mass is 157 g/mol. The minimum atomic E-state index is 1.12. The summed E-state index contributed by atoms with van der Waals surface area (Å²) in [5.74, 6) is 0. The minimum Gasteiger partial charge on any atom is -0.222 e. The van der Waals surface area contributed by atoms with Crippen LogP contribution in [0.4, 0.5) is 0 Å². The first-order chi connectivity index (χ1) is 4.66. The molecule has 0 aromatic heterocycles. The van der Waals surface area contributed by atoms with Gasteiger partial charge in [0.2, 0.25) is 0 Å². The zero-order valence-corrected chi connectivity index (χ0v) is 7.96. The molecule has 0 saturated carbocycles. The average Bonchev–Trinajstić information content (AvgIpc) is 1.87. The molecular weight excluding hydrogens is 142 g/mol. The molecule has 0 aliphatic carbocycles. The molecule has 58 valence electrons. The van der Waals surface area contributed by atoms with E-state index in [0.29, 0.717) is 0 Å². The van der Waals surface area contributed by atoms with Crippen LogP contribution in [0.2, 0.25) is 0 Å². The molecule has 0 N–H and O–H groups in total. The number of rotatable bonds is 3. The molecule has 0 unspecified atom stereocenters. The van der Waals surface area contributed by atoms with Gasteiger partial charge in [-0.1, -0.05) is 12.5 Å². The van der Waals surface area contributed by atoms with E-state index in [2.05, 4.69) is 23.7 Å². The average molecular weight is 157 g/mol. The lowest BCUT2D eigenvalue weighted by Crippen LogP contribution is -1.74. The van der Waals surface area contributed by atoms with Crippen molar-refractivity contribution < 1.29 is 0 Å². The SMILES string of the molecule is CCC(C)=CSN=C(C)C. The first-order valence-corrected chi connectivity index (χ1v) is 4.33. The second kappa shape index (κ2) is 5.54. The van der Waals surface area contributed by atoms with Crippen LogP contribution in [0.25, 0.3) is 0 Å². The van der Waals surface area contributed by atoms with Crippen molar-refractivity contribution in [3.05, 3.63) is 11.0 Å². The first-order valence-electron chi connectivity index (χ1n) is 3.49. The molecule has 0 fully saturated rings. The Morgan fingerprint density at radius 3 is 2.40 bits per heavy atom. The van der Waals surface area contributed by atoms with Gasteiger partial charge in [-0.25, -0.2) is 4.40 Å². The molecule has 0 radical (unpaired) electrons. The highest BCUT2D eigenvalue weighted by Crippen LogP contribution is 2.10.